The van der Waals surface area contributed by atoms with E-state index in [0.717, 1.165) is 42.2 Å². The maximum absolute atomic E-state index is 12.1. The third kappa shape index (κ3) is 5.66. The van der Waals surface area contributed by atoms with Crippen LogP contribution in [0.3, 0.4) is 0 Å². The number of hydrogen-bond acceptors (Lipinski definition) is 4. The summed E-state index contributed by atoms with van der Waals surface area (Å²) in [5.41, 5.74) is 4.58. The third-order valence-corrected chi connectivity index (χ3v) is 5.11. The van der Waals surface area contributed by atoms with Gasteiger partial charge in [0.2, 0.25) is 5.91 Å². The maximum atomic E-state index is 12.1. The van der Waals surface area contributed by atoms with Gasteiger partial charge in [0.05, 0.1) is 12.1 Å². The molecule has 0 saturated heterocycles. The predicted molar refractivity (Wildman–Crippen MR) is 106 cm³/mol. The Morgan fingerprint density at radius 1 is 1.32 bits per heavy atom. The van der Waals surface area contributed by atoms with Crippen LogP contribution in [-0.2, 0) is 17.6 Å². The maximum Gasteiger partial charge on any atom is 0.226 e. The molecule has 1 aromatic heterocycles. The van der Waals surface area contributed by atoms with E-state index in [-0.39, 0.29) is 18.3 Å². The van der Waals surface area contributed by atoms with E-state index >= 15 is 0 Å². The van der Waals surface area contributed by atoms with Gasteiger partial charge in [0.1, 0.15) is 5.01 Å². The number of thiazole rings is 1. The Hall–Kier alpha value is -1.69. The van der Waals surface area contributed by atoms with Crippen LogP contribution in [0.25, 0.3) is 10.6 Å². The van der Waals surface area contributed by atoms with Crippen LogP contribution in [0.4, 0.5) is 0 Å². The van der Waals surface area contributed by atoms with Crippen LogP contribution in [0, 0.1) is 0 Å². The van der Waals surface area contributed by atoms with E-state index in [1.807, 2.05) is 5.38 Å². The van der Waals surface area contributed by atoms with E-state index in [1.165, 1.54) is 11.1 Å². The quantitative estimate of drug-likeness (QED) is 0.759. The first-order valence-corrected chi connectivity index (χ1v) is 9.31. The van der Waals surface area contributed by atoms with Gasteiger partial charge in [-0.3, -0.25) is 4.79 Å². The molecule has 0 aliphatic carbocycles. The Bertz CT molecular complexity index is 725. The number of aryl methyl sites for hydroxylation is 1. The fourth-order valence-corrected chi connectivity index (χ4v) is 3.50. The van der Waals surface area contributed by atoms with Gasteiger partial charge in [-0.15, -0.1) is 23.7 Å². The lowest BCUT2D eigenvalue weighted by molar-refractivity contribution is -0.120. The number of nitrogens with zero attached hydrogens (tertiary/aromatic N) is 1. The smallest absolute Gasteiger partial charge is 0.226 e. The minimum Gasteiger partial charge on any atom is -0.352 e. The fraction of sp³-hybridized carbons (Fsp3) is 0.368. The van der Waals surface area contributed by atoms with Crippen molar-refractivity contribution in [3.05, 3.63) is 52.6 Å². The normalized spacial score (nSPS) is 13.7. The number of benzene rings is 1. The van der Waals surface area contributed by atoms with E-state index in [1.54, 1.807) is 11.3 Å². The minimum absolute atomic E-state index is 0. The van der Waals surface area contributed by atoms with E-state index in [9.17, 15) is 4.79 Å². The summed E-state index contributed by atoms with van der Waals surface area (Å²) in [5, 5.41) is 9.22. The molecule has 1 aromatic carbocycles. The van der Waals surface area contributed by atoms with Gasteiger partial charge in [0.25, 0.3) is 0 Å². The predicted octanol–water partition coefficient (Wildman–Crippen LogP) is 3.37. The molecule has 0 bridgehead atoms. The largest absolute Gasteiger partial charge is 0.352 e. The van der Waals surface area contributed by atoms with Crippen LogP contribution >= 0.6 is 23.7 Å². The van der Waals surface area contributed by atoms with Crippen LogP contribution < -0.4 is 10.6 Å². The first-order valence-electron chi connectivity index (χ1n) is 8.43. The number of hydrogen-bond donors (Lipinski definition) is 2. The molecule has 2 N–H and O–H groups in total. The zero-order valence-electron chi connectivity index (χ0n) is 14.4. The summed E-state index contributed by atoms with van der Waals surface area (Å²) in [5.74, 6) is 0.0348. The second-order valence-electron chi connectivity index (χ2n) is 5.96. The van der Waals surface area contributed by atoms with Crippen molar-refractivity contribution in [2.24, 2.45) is 0 Å². The summed E-state index contributed by atoms with van der Waals surface area (Å²) in [4.78, 5) is 16.7. The van der Waals surface area contributed by atoms with Gasteiger partial charge in [-0.1, -0.05) is 42.8 Å². The average molecular weight is 378 g/mol. The Morgan fingerprint density at radius 3 is 2.80 bits per heavy atom. The fourth-order valence-electron chi connectivity index (χ4n) is 2.67. The SMILES string of the molecule is CCc1ccc(-c2nc(CC(=O)NCC3=CCNCC3)cs2)cc1.Cl. The number of nitrogens with one attached hydrogen (secondary N) is 2. The van der Waals surface area contributed by atoms with Gasteiger partial charge in [-0.25, -0.2) is 4.98 Å². The molecule has 2 aromatic rings. The molecule has 0 spiro atoms. The minimum atomic E-state index is 0. The Morgan fingerprint density at radius 2 is 2.12 bits per heavy atom. The lowest BCUT2D eigenvalue weighted by atomic mass is 10.1. The van der Waals surface area contributed by atoms with Gasteiger partial charge < -0.3 is 10.6 Å². The number of amides is 1. The summed E-state index contributed by atoms with van der Waals surface area (Å²) < 4.78 is 0. The van der Waals surface area contributed by atoms with Crippen LogP contribution in [0.5, 0.6) is 0 Å². The second-order valence-corrected chi connectivity index (χ2v) is 6.82. The Labute approximate surface area is 159 Å². The second kappa shape index (κ2) is 9.70. The lowest BCUT2D eigenvalue weighted by Crippen LogP contribution is -2.30. The molecular weight excluding hydrogens is 354 g/mol. The summed E-state index contributed by atoms with van der Waals surface area (Å²) >= 11 is 1.59. The van der Waals surface area contributed by atoms with Gasteiger partial charge >= 0.3 is 0 Å². The first-order chi connectivity index (χ1) is 11.7. The zero-order chi connectivity index (χ0) is 16.8. The summed E-state index contributed by atoms with van der Waals surface area (Å²) in [6, 6.07) is 8.47. The third-order valence-electron chi connectivity index (χ3n) is 4.17. The van der Waals surface area contributed by atoms with Crippen molar-refractivity contribution in [1.82, 2.24) is 15.6 Å². The molecule has 0 unspecified atom stereocenters. The van der Waals surface area contributed by atoms with Gasteiger partial charge in [0.15, 0.2) is 0 Å². The van der Waals surface area contributed by atoms with Gasteiger partial charge in [0, 0.05) is 24.0 Å². The van der Waals surface area contributed by atoms with Crippen molar-refractivity contribution in [1.29, 1.82) is 0 Å². The lowest BCUT2D eigenvalue weighted by Gasteiger charge is -2.14. The Kier molecular flexibility index (Phi) is 7.62. The van der Waals surface area contributed by atoms with Crippen molar-refractivity contribution in [2.45, 2.75) is 26.2 Å². The first kappa shape index (κ1) is 19.6. The van der Waals surface area contributed by atoms with Crippen LogP contribution in [0.1, 0.15) is 24.6 Å². The molecule has 6 heteroatoms. The highest BCUT2D eigenvalue weighted by molar-refractivity contribution is 7.13. The van der Waals surface area contributed by atoms with E-state index in [4.69, 9.17) is 0 Å². The van der Waals surface area contributed by atoms with Crippen LogP contribution in [0.15, 0.2) is 41.3 Å². The average Bonchev–Trinajstić information content (AvgIpc) is 3.09. The van der Waals surface area contributed by atoms with Gasteiger partial charge in [-0.2, -0.15) is 0 Å². The molecule has 0 saturated carbocycles. The topological polar surface area (TPSA) is 54.0 Å². The van der Waals surface area contributed by atoms with Gasteiger partial charge in [-0.05, 0) is 24.9 Å². The van der Waals surface area contributed by atoms with Crippen LogP contribution in [0.2, 0.25) is 0 Å². The molecule has 4 nitrogen and oxygen atoms in total. The summed E-state index contributed by atoms with van der Waals surface area (Å²) in [6.45, 7) is 4.69. The molecule has 0 radical (unpaired) electrons. The summed E-state index contributed by atoms with van der Waals surface area (Å²) in [6.07, 6.45) is 4.55. The standard InChI is InChI=1S/C19H23N3OS.ClH/c1-2-14-3-5-16(6-4-14)19-22-17(13-24-19)11-18(23)21-12-15-7-9-20-10-8-15;/h3-7,13,20H,2,8-12H2,1H3,(H,21,23);1H. The number of carbonyl (C=O) groups excluding carboxylic acids is 1. The molecular formula is C19H24ClN3OS. The molecule has 134 valence electrons. The molecule has 3 rings (SSSR count). The monoisotopic (exact) mass is 377 g/mol. The molecule has 25 heavy (non-hydrogen) atoms. The van der Waals surface area contributed by atoms with E-state index < -0.39 is 0 Å². The van der Waals surface area contributed by atoms with Crippen molar-refractivity contribution in [2.75, 3.05) is 19.6 Å². The van der Waals surface area contributed by atoms with Crippen molar-refractivity contribution >= 4 is 29.7 Å². The van der Waals surface area contributed by atoms with Crippen molar-refractivity contribution < 1.29 is 4.79 Å². The highest BCUT2D eigenvalue weighted by Gasteiger charge is 2.10. The van der Waals surface area contributed by atoms with E-state index in [0.29, 0.717) is 13.0 Å². The molecule has 1 amide bonds. The molecule has 1 aliphatic heterocycles. The van der Waals surface area contributed by atoms with Crippen LogP contribution in [-0.4, -0.2) is 30.5 Å². The van der Waals surface area contributed by atoms with E-state index in [2.05, 4.69) is 52.9 Å². The van der Waals surface area contributed by atoms with Crippen molar-refractivity contribution in [3.8, 4) is 10.6 Å². The molecule has 0 atom stereocenters. The van der Waals surface area contributed by atoms with Crippen molar-refractivity contribution in [3.63, 3.8) is 0 Å². The Balaban J connectivity index is 0.00000225. The molecule has 0 fully saturated rings. The number of carbonyl (C=O) groups is 1. The molecule has 1 aliphatic rings. The number of rotatable bonds is 6. The highest BCUT2D eigenvalue weighted by Crippen LogP contribution is 2.24. The number of halogens is 1. The summed E-state index contributed by atoms with van der Waals surface area (Å²) in [7, 11) is 0. The molecule has 2 heterocycles. The zero-order valence-corrected chi connectivity index (χ0v) is 16.0. The number of aromatic nitrogens is 1. The highest BCUT2D eigenvalue weighted by atomic mass is 35.5.